The number of hydrogen-bond donors (Lipinski definition) is 2. The minimum absolute atomic E-state index is 0.453. The molecule has 0 atom stereocenters. The lowest BCUT2D eigenvalue weighted by Crippen LogP contribution is -2.17. The van der Waals surface area contributed by atoms with Crippen LogP contribution in [-0.4, -0.2) is 61.8 Å². The number of aromatic nitrogens is 2. The van der Waals surface area contributed by atoms with Gasteiger partial charge in [0.2, 0.25) is 12.4 Å². The van der Waals surface area contributed by atoms with E-state index in [0.717, 1.165) is 57.3 Å². The van der Waals surface area contributed by atoms with Gasteiger partial charge in [-0.15, -0.1) is 23.1 Å². The molecule has 8 nitrogen and oxygen atoms in total. The molecule has 1 amide bonds. The predicted molar refractivity (Wildman–Crippen MR) is 171 cm³/mol. The maximum Gasteiger partial charge on any atom is 0.229 e. The zero-order valence-corrected chi connectivity index (χ0v) is 26.2. The minimum Gasteiger partial charge on any atom is -0.495 e. The predicted octanol–water partition coefficient (Wildman–Crippen LogP) is 7.14. The third kappa shape index (κ3) is 8.20. The van der Waals surface area contributed by atoms with E-state index in [1.54, 1.807) is 35.1 Å². The van der Waals surface area contributed by atoms with Gasteiger partial charge < -0.3 is 25.2 Å². The molecular formula is C29H42N6O2S2. The first kappa shape index (κ1) is 32.1. The molecule has 0 saturated carbocycles. The van der Waals surface area contributed by atoms with Gasteiger partial charge in [0, 0.05) is 22.8 Å². The smallest absolute Gasteiger partial charge is 0.229 e. The van der Waals surface area contributed by atoms with Crippen molar-refractivity contribution in [3.05, 3.63) is 51.9 Å². The van der Waals surface area contributed by atoms with Gasteiger partial charge in [0.1, 0.15) is 5.75 Å². The minimum atomic E-state index is 0.453. The lowest BCUT2D eigenvalue weighted by atomic mass is 10.1. The summed E-state index contributed by atoms with van der Waals surface area (Å²) in [6.07, 6.45) is 7.84. The average Bonchev–Trinajstić information content (AvgIpc) is 3.60. The Labute approximate surface area is 241 Å². The first-order valence-electron chi connectivity index (χ1n) is 13.1. The number of carbonyl (C=O) groups excluding carboxylic acids is 1. The Morgan fingerprint density at radius 1 is 1.23 bits per heavy atom. The number of methoxy groups -OCH3 is 1. The third-order valence-electron chi connectivity index (χ3n) is 5.93. The summed E-state index contributed by atoms with van der Waals surface area (Å²) in [7, 11) is 5.74. The molecule has 2 N–H and O–H groups in total. The molecule has 1 aromatic carbocycles. The highest BCUT2D eigenvalue weighted by Crippen LogP contribution is 2.38. The van der Waals surface area contributed by atoms with Crippen molar-refractivity contribution in [2.45, 2.75) is 41.0 Å². The zero-order valence-electron chi connectivity index (χ0n) is 24.6. The van der Waals surface area contributed by atoms with Gasteiger partial charge in [-0.3, -0.25) is 4.79 Å². The van der Waals surface area contributed by atoms with E-state index in [1.807, 2.05) is 57.4 Å². The van der Waals surface area contributed by atoms with Crippen LogP contribution in [0.25, 0.3) is 10.2 Å². The van der Waals surface area contributed by atoms with Crippen LogP contribution in [0.1, 0.15) is 40.2 Å². The number of thioether (sulfide) groups is 1. The number of benzene rings is 1. The SMILES string of the molecule is C/C=C(Nc1nc(Nc2cc3c(cc2OC)CCN3C=O)nc2ccsc12)\C(=C/C)SC.CC.CCN(C)C. The molecular weight excluding hydrogens is 528 g/mol. The molecule has 0 spiro atoms. The number of allylic oxidation sites excluding steroid dienone is 2. The Morgan fingerprint density at radius 3 is 2.51 bits per heavy atom. The maximum absolute atomic E-state index is 11.4. The van der Waals surface area contributed by atoms with Crippen LogP contribution in [0, 0.1) is 0 Å². The van der Waals surface area contributed by atoms with E-state index in [4.69, 9.17) is 9.72 Å². The van der Waals surface area contributed by atoms with Gasteiger partial charge in [-0.1, -0.05) is 32.9 Å². The number of fused-ring (bicyclic) bond motifs is 2. The average molecular weight is 571 g/mol. The number of nitrogens with one attached hydrogen (secondary N) is 2. The second-order valence-electron chi connectivity index (χ2n) is 8.47. The summed E-state index contributed by atoms with van der Waals surface area (Å²) in [6, 6.07) is 5.87. The first-order chi connectivity index (χ1) is 18.9. The number of carbonyl (C=O) groups is 1. The Kier molecular flexibility index (Phi) is 13.3. The molecule has 212 valence electrons. The van der Waals surface area contributed by atoms with Crippen molar-refractivity contribution in [3.8, 4) is 5.75 Å². The second kappa shape index (κ2) is 16.1. The summed E-state index contributed by atoms with van der Waals surface area (Å²) in [5, 5.41) is 8.79. The Morgan fingerprint density at radius 2 is 1.95 bits per heavy atom. The monoisotopic (exact) mass is 570 g/mol. The molecule has 4 rings (SSSR count). The molecule has 10 heteroatoms. The lowest BCUT2D eigenvalue weighted by Gasteiger charge is -2.17. The van der Waals surface area contributed by atoms with E-state index in [9.17, 15) is 4.79 Å². The first-order valence-corrected chi connectivity index (χ1v) is 15.2. The topological polar surface area (TPSA) is 82.6 Å². The van der Waals surface area contributed by atoms with Gasteiger partial charge >= 0.3 is 0 Å². The van der Waals surface area contributed by atoms with E-state index in [0.29, 0.717) is 23.9 Å². The van der Waals surface area contributed by atoms with Gasteiger partial charge in [0.05, 0.1) is 23.0 Å². The fourth-order valence-corrected chi connectivity index (χ4v) is 5.13. The summed E-state index contributed by atoms with van der Waals surface area (Å²) >= 11 is 3.28. The van der Waals surface area contributed by atoms with E-state index in [1.165, 1.54) is 0 Å². The summed E-state index contributed by atoms with van der Waals surface area (Å²) < 4.78 is 6.58. The number of ether oxygens (including phenoxy) is 1. The van der Waals surface area contributed by atoms with Crippen molar-refractivity contribution in [3.63, 3.8) is 0 Å². The van der Waals surface area contributed by atoms with Crippen LogP contribution in [-0.2, 0) is 11.2 Å². The summed E-state index contributed by atoms with van der Waals surface area (Å²) in [5.41, 5.74) is 4.53. The zero-order chi connectivity index (χ0) is 28.9. The molecule has 0 radical (unpaired) electrons. The molecule has 0 bridgehead atoms. The summed E-state index contributed by atoms with van der Waals surface area (Å²) in [5.74, 6) is 1.88. The van der Waals surface area contributed by atoms with Gasteiger partial charge in [-0.05, 0) is 76.3 Å². The Bertz CT molecular complexity index is 1290. The molecule has 1 aliphatic rings. The number of rotatable bonds is 9. The molecule has 0 fully saturated rings. The van der Waals surface area contributed by atoms with Crippen molar-refractivity contribution in [1.82, 2.24) is 14.9 Å². The van der Waals surface area contributed by atoms with Crippen molar-refractivity contribution in [2.24, 2.45) is 0 Å². The van der Waals surface area contributed by atoms with Crippen LogP contribution in [0.5, 0.6) is 5.75 Å². The molecule has 3 heterocycles. The lowest BCUT2D eigenvalue weighted by molar-refractivity contribution is -0.107. The molecule has 2 aromatic heterocycles. The molecule has 1 aliphatic heterocycles. The van der Waals surface area contributed by atoms with Crippen LogP contribution in [0.3, 0.4) is 0 Å². The number of hydrogen-bond acceptors (Lipinski definition) is 9. The Balaban J connectivity index is 0.000000686. The van der Waals surface area contributed by atoms with Gasteiger partial charge in [-0.2, -0.15) is 4.98 Å². The van der Waals surface area contributed by atoms with Gasteiger partial charge in [0.25, 0.3) is 0 Å². The molecule has 39 heavy (non-hydrogen) atoms. The maximum atomic E-state index is 11.4. The fraction of sp³-hybridized carbons (Fsp3) is 0.414. The van der Waals surface area contributed by atoms with Gasteiger partial charge in [0.15, 0.2) is 5.82 Å². The number of thiophene rings is 1. The van der Waals surface area contributed by atoms with Crippen LogP contribution in [0.2, 0.25) is 0 Å². The van der Waals surface area contributed by atoms with E-state index >= 15 is 0 Å². The number of nitrogens with zero attached hydrogens (tertiary/aromatic N) is 4. The van der Waals surface area contributed by atoms with Crippen molar-refractivity contribution in [2.75, 3.05) is 56.1 Å². The molecule has 0 saturated heterocycles. The second-order valence-corrected chi connectivity index (χ2v) is 10.2. The summed E-state index contributed by atoms with van der Waals surface area (Å²) in [6.45, 7) is 12.0. The van der Waals surface area contributed by atoms with Crippen LogP contribution >= 0.6 is 23.1 Å². The third-order valence-corrected chi connectivity index (χ3v) is 7.74. The highest BCUT2D eigenvalue weighted by atomic mass is 32.2. The van der Waals surface area contributed by atoms with Crippen LogP contribution in [0.4, 0.5) is 23.1 Å². The van der Waals surface area contributed by atoms with Crippen LogP contribution < -0.4 is 20.3 Å². The highest BCUT2D eigenvalue weighted by Gasteiger charge is 2.22. The molecule has 3 aromatic rings. The van der Waals surface area contributed by atoms with Crippen molar-refractivity contribution in [1.29, 1.82) is 0 Å². The van der Waals surface area contributed by atoms with Crippen molar-refractivity contribution < 1.29 is 9.53 Å². The normalized spacial score (nSPS) is 12.8. The van der Waals surface area contributed by atoms with Crippen molar-refractivity contribution >= 4 is 62.9 Å². The molecule has 0 unspecified atom stereocenters. The van der Waals surface area contributed by atoms with Crippen LogP contribution in [0.15, 0.2) is 46.3 Å². The van der Waals surface area contributed by atoms with Gasteiger partial charge in [-0.25, -0.2) is 4.98 Å². The van der Waals surface area contributed by atoms with E-state index < -0.39 is 0 Å². The quantitative estimate of drug-likeness (QED) is 0.208. The Hall–Kier alpha value is -3.08. The fourth-order valence-electron chi connectivity index (χ4n) is 3.73. The standard InChI is InChI=1S/C23H25N5O2S2.C4H11N.C2H6/c1-5-15(20(6-2)31-4)24-22-21-16(8-10-32-21)25-23(27-22)26-17-12-18-14(11-19(17)30-3)7-9-28(18)13-29;1-4-5(2)3;1-2/h5-6,8,10-13H,7,9H2,1-4H3,(H2,24,25,26,27);4H2,1-3H3;1-2H3/b15-5+,20-6+;;. The number of anilines is 4. The largest absolute Gasteiger partial charge is 0.495 e. The summed E-state index contributed by atoms with van der Waals surface area (Å²) in [4.78, 5) is 25.9. The van der Waals surface area contributed by atoms with E-state index in [-0.39, 0.29) is 0 Å². The number of amides is 1. The molecule has 0 aliphatic carbocycles. The highest BCUT2D eigenvalue weighted by molar-refractivity contribution is 8.02. The van der Waals surface area contributed by atoms with E-state index in [2.05, 4.69) is 53.9 Å².